The summed E-state index contributed by atoms with van der Waals surface area (Å²) < 4.78 is 5.16. The minimum absolute atomic E-state index is 0. The van der Waals surface area contributed by atoms with Crippen molar-refractivity contribution in [2.24, 2.45) is 10.9 Å². The molecule has 0 bridgehead atoms. The summed E-state index contributed by atoms with van der Waals surface area (Å²) in [5, 5.41) is 10.7. The maximum absolute atomic E-state index is 5.16. The normalized spacial score (nSPS) is 16.4. The van der Waals surface area contributed by atoms with E-state index in [2.05, 4.69) is 32.5 Å². The number of aryl methyl sites for hydroxylation is 2. The van der Waals surface area contributed by atoms with Crippen LogP contribution in [0.2, 0.25) is 0 Å². The summed E-state index contributed by atoms with van der Waals surface area (Å²) in [6.07, 6.45) is 2.61. The van der Waals surface area contributed by atoms with E-state index in [9.17, 15) is 0 Å². The number of nitrogens with one attached hydrogen (secondary N) is 2. The molecule has 0 saturated carbocycles. The van der Waals surface area contributed by atoms with Crippen LogP contribution in [0, 0.1) is 19.8 Å². The number of guanidine groups is 1. The number of nitrogens with zero attached hydrogens (tertiary/aromatic N) is 2. The van der Waals surface area contributed by atoms with Crippen molar-refractivity contribution in [2.45, 2.75) is 33.2 Å². The molecule has 0 radical (unpaired) electrons. The van der Waals surface area contributed by atoms with Crippen LogP contribution in [0.15, 0.2) is 9.52 Å². The van der Waals surface area contributed by atoms with Crippen LogP contribution in [0.1, 0.15) is 29.9 Å². The summed E-state index contributed by atoms with van der Waals surface area (Å²) in [5.41, 5.74) is 2.05. The minimum atomic E-state index is 0. The van der Waals surface area contributed by atoms with Crippen LogP contribution in [0.4, 0.5) is 0 Å². The van der Waals surface area contributed by atoms with Crippen LogP contribution < -0.4 is 10.6 Å². The van der Waals surface area contributed by atoms with Crippen molar-refractivity contribution in [1.29, 1.82) is 0 Å². The molecule has 0 aromatic carbocycles. The monoisotopic (exact) mass is 424 g/mol. The number of rotatable bonds is 4. The molecule has 1 aromatic heterocycles. The molecule has 0 aliphatic carbocycles. The van der Waals surface area contributed by atoms with E-state index in [1.54, 1.807) is 7.05 Å². The number of halogens is 1. The molecule has 0 unspecified atom stereocenters. The third-order valence-electron chi connectivity index (χ3n) is 3.74. The van der Waals surface area contributed by atoms with Crippen LogP contribution in [-0.2, 0) is 6.54 Å². The zero-order valence-corrected chi connectivity index (χ0v) is 16.1. The lowest BCUT2D eigenvalue weighted by Gasteiger charge is -2.22. The SMILES string of the molecule is CN=C(NCc1c(C)noc1C)NCC1CCSCC1.I. The van der Waals surface area contributed by atoms with E-state index in [-0.39, 0.29) is 24.0 Å². The Hall–Kier alpha value is -0.440. The average molecular weight is 424 g/mol. The van der Waals surface area contributed by atoms with Crippen LogP contribution in [0.5, 0.6) is 0 Å². The summed E-state index contributed by atoms with van der Waals surface area (Å²) >= 11 is 2.06. The molecule has 7 heteroatoms. The van der Waals surface area contributed by atoms with Crippen LogP contribution >= 0.6 is 35.7 Å². The van der Waals surface area contributed by atoms with Gasteiger partial charge in [0.2, 0.25) is 0 Å². The second-order valence-corrected chi connectivity index (χ2v) is 6.39. The van der Waals surface area contributed by atoms with Gasteiger partial charge in [0.25, 0.3) is 0 Å². The third kappa shape index (κ3) is 5.69. The molecule has 2 N–H and O–H groups in total. The zero-order valence-electron chi connectivity index (χ0n) is 12.9. The maximum atomic E-state index is 5.16. The summed E-state index contributed by atoms with van der Waals surface area (Å²) in [4.78, 5) is 4.27. The van der Waals surface area contributed by atoms with E-state index >= 15 is 0 Å². The first-order valence-electron chi connectivity index (χ1n) is 7.14. The lowest BCUT2D eigenvalue weighted by Crippen LogP contribution is -2.40. The number of aliphatic imine (C=N–C) groups is 1. The van der Waals surface area contributed by atoms with Crippen LogP contribution in [0.25, 0.3) is 0 Å². The van der Waals surface area contributed by atoms with Crippen molar-refractivity contribution in [3.63, 3.8) is 0 Å². The molecule has 0 spiro atoms. The fraction of sp³-hybridized carbons (Fsp3) is 0.714. The van der Waals surface area contributed by atoms with Crippen molar-refractivity contribution in [1.82, 2.24) is 15.8 Å². The molecule has 2 rings (SSSR count). The van der Waals surface area contributed by atoms with Gasteiger partial charge in [-0.25, -0.2) is 0 Å². The average Bonchev–Trinajstić information content (AvgIpc) is 2.80. The van der Waals surface area contributed by atoms with Crippen molar-refractivity contribution < 1.29 is 4.52 Å². The van der Waals surface area contributed by atoms with Gasteiger partial charge >= 0.3 is 0 Å². The molecular formula is C14H25IN4OS. The number of hydrogen-bond donors (Lipinski definition) is 2. The molecule has 2 heterocycles. The molecule has 21 heavy (non-hydrogen) atoms. The van der Waals surface area contributed by atoms with Gasteiger partial charge in [0.1, 0.15) is 5.76 Å². The highest BCUT2D eigenvalue weighted by molar-refractivity contribution is 14.0. The molecule has 5 nitrogen and oxygen atoms in total. The zero-order chi connectivity index (χ0) is 14.4. The summed E-state index contributed by atoms with van der Waals surface area (Å²) in [7, 11) is 1.80. The Morgan fingerprint density at radius 1 is 1.33 bits per heavy atom. The van der Waals surface area contributed by atoms with E-state index in [1.807, 2.05) is 13.8 Å². The molecule has 1 aliphatic rings. The molecule has 0 amide bonds. The van der Waals surface area contributed by atoms with Gasteiger partial charge in [-0.05, 0) is 44.1 Å². The molecule has 120 valence electrons. The van der Waals surface area contributed by atoms with Gasteiger partial charge in [-0.2, -0.15) is 11.8 Å². The lowest BCUT2D eigenvalue weighted by atomic mass is 10.0. The van der Waals surface area contributed by atoms with Crippen molar-refractivity contribution in [3.05, 3.63) is 17.0 Å². The molecular weight excluding hydrogens is 399 g/mol. The van der Waals surface area contributed by atoms with E-state index < -0.39 is 0 Å². The van der Waals surface area contributed by atoms with Crippen molar-refractivity contribution in [3.8, 4) is 0 Å². The Balaban J connectivity index is 0.00000220. The highest BCUT2D eigenvalue weighted by Crippen LogP contribution is 2.21. The van der Waals surface area contributed by atoms with Crippen molar-refractivity contribution >= 4 is 41.7 Å². The van der Waals surface area contributed by atoms with E-state index in [4.69, 9.17) is 4.52 Å². The second-order valence-electron chi connectivity index (χ2n) is 5.17. The van der Waals surface area contributed by atoms with E-state index in [0.717, 1.165) is 35.4 Å². The lowest BCUT2D eigenvalue weighted by molar-refractivity contribution is 0.392. The molecule has 0 atom stereocenters. The van der Waals surface area contributed by atoms with Gasteiger partial charge in [0, 0.05) is 25.7 Å². The fourth-order valence-electron chi connectivity index (χ4n) is 2.34. The topological polar surface area (TPSA) is 62.5 Å². The predicted molar refractivity (Wildman–Crippen MR) is 99.6 cm³/mol. The number of thioether (sulfide) groups is 1. The van der Waals surface area contributed by atoms with Crippen molar-refractivity contribution in [2.75, 3.05) is 25.1 Å². The second kappa shape index (κ2) is 9.55. The Morgan fingerprint density at radius 3 is 2.62 bits per heavy atom. The van der Waals surface area contributed by atoms with Gasteiger partial charge in [-0.15, -0.1) is 24.0 Å². The van der Waals surface area contributed by atoms with Gasteiger partial charge in [0.05, 0.1) is 5.69 Å². The maximum Gasteiger partial charge on any atom is 0.191 e. The van der Waals surface area contributed by atoms with Gasteiger partial charge in [0.15, 0.2) is 5.96 Å². The Morgan fingerprint density at radius 2 is 2.05 bits per heavy atom. The molecule has 1 saturated heterocycles. The predicted octanol–water partition coefficient (Wildman–Crippen LogP) is 2.72. The van der Waals surface area contributed by atoms with E-state index in [0.29, 0.717) is 6.54 Å². The minimum Gasteiger partial charge on any atom is -0.361 e. The molecule has 1 fully saturated rings. The summed E-state index contributed by atoms with van der Waals surface area (Å²) in [6, 6.07) is 0. The number of hydrogen-bond acceptors (Lipinski definition) is 4. The van der Waals surface area contributed by atoms with Gasteiger partial charge in [-0.1, -0.05) is 5.16 Å². The van der Waals surface area contributed by atoms with Gasteiger partial charge in [-0.3, -0.25) is 4.99 Å². The highest BCUT2D eigenvalue weighted by atomic mass is 127. The first-order valence-corrected chi connectivity index (χ1v) is 8.30. The van der Waals surface area contributed by atoms with Gasteiger partial charge < -0.3 is 15.2 Å². The summed E-state index contributed by atoms with van der Waals surface area (Å²) in [5.74, 6) is 5.07. The first kappa shape index (κ1) is 18.6. The fourth-order valence-corrected chi connectivity index (χ4v) is 3.54. The number of aromatic nitrogens is 1. The Bertz CT molecular complexity index is 438. The summed E-state index contributed by atoms with van der Waals surface area (Å²) in [6.45, 7) is 5.60. The highest BCUT2D eigenvalue weighted by Gasteiger charge is 2.14. The standard InChI is InChI=1S/C14H24N4OS.HI/c1-10-13(11(2)19-18-10)9-17-14(15-3)16-8-12-4-6-20-7-5-12;/h12H,4-9H2,1-3H3,(H2,15,16,17);1H. The third-order valence-corrected chi connectivity index (χ3v) is 4.79. The molecule has 1 aliphatic heterocycles. The quantitative estimate of drug-likeness (QED) is 0.442. The van der Waals surface area contributed by atoms with Crippen LogP contribution in [-0.4, -0.2) is 36.2 Å². The smallest absolute Gasteiger partial charge is 0.191 e. The Kier molecular flexibility index (Phi) is 8.46. The largest absolute Gasteiger partial charge is 0.361 e. The van der Waals surface area contributed by atoms with E-state index in [1.165, 1.54) is 24.3 Å². The molecule has 1 aromatic rings. The first-order chi connectivity index (χ1) is 9.70. The van der Waals surface area contributed by atoms with Crippen LogP contribution in [0.3, 0.4) is 0 Å². The Labute approximate surface area is 148 Å².